The number of hydrogen-bond acceptors (Lipinski definition) is 4. The Kier molecular flexibility index (Phi) is 5.06. The minimum Gasteiger partial charge on any atom is -0.325 e. The maximum absolute atomic E-state index is 12.5. The Bertz CT molecular complexity index is 731. The van der Waals surface area contributed by atoms with E-state index in [-0.39, 0.29) is 17.1 Å². The predicted octanol–water partition coefficient (Wildman–Crippen LogP) is 2.83. The summed E-state index contributed by atoms with van der Waals surface area (Å²) in [6.45, 7) is 2.90. The summed E-state index contributed by atoms with van der Waals surface area (Å²) >= 11 is 1.83. The standard InChI is InChI=1S/C20H23N3OS/c24-19-12-18(25-17-9-5-4-8-15(17)23-19)20(14-6-2-1-3-7-14)16-13-21-10-11-22-16/h1-9,16,18,20-22H,10-13H2,(H,23,24). The molecule has 0 saturated carbocycles. The molecule has 0 aliphatic carbocycles. The molecule has 0 radical (unpaired) electrons. The van der Waals surface area contributed by atoms with Crippen LogP contribution in [-0.2, 0) is 4.79 Å². The van der Waals surface area contributed by atoms with Gasteiger partial charge in [0.2, 0.25) is 5.91 Å². The molecule has 5 heteroatoms. The number of carbonyl (C=O) groups excluding carboxylic acids is 1. The Balaban J connectivity index is 1.69. The van der Waals surface area contributed by atoms with Crippen LogP contribution >= 0.6 is 11.8 Å². The lowest BCUT2D eigenvalue weighted by atomic mass is 9.86. The molecule has 4 rings (SSSR count). The van der Waals surface area contributed by atoms with E-state index in [0.29, 0.717) is 12.5 Å². The summed E-state index contributed by atoms with van der Waals surface area (Å²) < 4.78 is 0. The second kappa shape index (κ2) is 7.60. The fourth-order valence-electron chi connectivity index (χ4n) is 3.77. The number of amides is 1. The minimum atomic E-state index is 0.104. The van der Waals surface area contributed by atoms with Crippen molar-refractivity contribution in [3.63, 3.8) is 0 Å². The molecule has 1 saturated heterocycles. The number of carbonyl (C=O) groups is 1. The van der Waals surface area contributed by atoms with Gasteiger partial charge >= 0.3 is 0 Å². The number of hydrogen-bond donors (Lipinski definition) is 3. The number of benzene rings is 2. The highest BCUT2D eigenvalue weighted by molar-refractivity contribution is 8.00. The Labute approximate surface area is 152 Å². The fourth-order valence-corrected chi connectivity index (χ4v) is 5.23. The van der Waals surface area contributed by atoms with Crippen molar-refractivity contribution < 1.29 is 4.79 Å². The van der Waals surface area contributed by atoms with Gasteiger partial charge < -0.3 is 16.0 Å². The van der Waals surface area contributed by atoms with Crippen molar-refractivity contribution in [2.45, 2.75) is 28.5 Å². The molecule has 3 atom stereocenters. The van der Waals surface area contributed by atoms with Crippen molar-refractivity contribution in [3.8, 4) is 0 Å². The molecule has 2 aliphatic rings. The summed E-state index contributed by atoms with van der Waals surface area (Å²) in [5.41, 5.74) is 2.23. The molecule has 1 amide bonds. The lowest BCUT2D eigenvalue weighted by Crippen LogP contribution is -2.53. The van der Waals surface area contributed by atoms with Gasteiger partial charge in [0, 0.05) is 48.2 Å². The van der Waals surface area contributed by atoms with Crippen molar-refractivity contribution >= 4 is 23.4 Å². The molecular formula is C20H23N3OS. The zero-order chi connectivity index (χ0) is 17.1. The van der Waals surface area contributed by atoms with Crippen LogP contribution < -0.4 is 16.0 Å². The van der Waals surface area contributed by atoms with Gasteiger partial charge in [0.25, 0.3) is 0 Å². The van der Waals surface area contributed by atoms with Gasteiger partial charge in [0.1, 0.15) is 0 Å². The van der Waals surface area contributed by atoms with E-state index in [0.717, 1.165) is 30.2 Å². The molecule has 4 nitrogen and oxygen atoms in total. The molecular weight excluding hydrogens is 330 g/mol. The predicted molar refractivity (Wildman–Crippen MR) is 103 cm³/mol. The Morgan fingerprint density at radius 3 is 2.60 bits per heavy atom. The van der Waals surface area contributed by atoms with Gasteiger partial charge in [-0.15, -0.1) is 11.8 Å². The third kappa shape index (κ3) is 3.73. The number of para-hydroxylation sites is 1. The van der Waals surface area contributed by atoms with E-state index in [2.05, 4.69) is 52.3 Å². The van der Waals surface area contributed by atoms with Gasteiger partial charge in [-0.25, -0.2) is 0 Å². The summed E-state index contributed by atoms with van der Waals surface area (Å²) in [6, 6.07) is 19.0. The zero-order valence-electron chi connectivity index (χ0n) is 14.1. The van der Waals surface area contributed by atoms with E-state index >= 15 is 0 Å². The van der Waals surface area contributed by atoms with Crippen molar-refractivity contribution in [3.05, 3.63) is 60.2 Å². The number of fused-ring (bicyclic) bond motifs is 1. The average Bonchev–Trinajstić information content (AvgIpc) is 2.81. The quantitative estimate of drug-likeness (QED) is 0.794. The molecule has 2 aliphatic heterocycles. The van der Waals surface area contributed by atoms with E-state index in [1.807, 2.05) is 30.0 Å². The summed E-state index contributed by atoms with van der Waals surface area (Å²) in [5.74, 6) is 0.378. The Morgan fingerprint density at radius 2 is 1.80 bits per heavy atom. The topological polar surface area (TPSA) is 53.2 Å². The van der Waals surface area contributed by atoms with Crippen LogP contribution in [0.25, 0.3) is 0 Å². The van der Waals surface area contributed by atoms with E-state index < -0.39 is 0 Å². The SMILES string of the molecule is O=C1CC(C(c2ccccc2)C2CNCCN2)Sc2ccccc2N1. The molecule has 3 N–H and O–H groups in total. The van der Waals surface area contributed by atoms with Gasteiger partial charge in [-0.3, -0.25) is 4.79 Å². The Morgan fingerprint density at radius 1 is 1.00 bits per heavy atom. The molecule has 2 aromatic rings. The first-order valence-electron chi connectivity index (χ1n) is 8.86. The second-order valence-corrected chi connectivity index (χ2v) is 7.89. The van der Waals surface area contributed by atoms with Gasteiger partial charge in [0.15, 0.2) is 0 Å². The van der Waals surface area contributed by atoms with Gasteiger partial charge in [-0.2, -0.15) is 0 Å². The molecule has 3 unspecified atom stereocenters. The zero-order valence-corrected chi connectivity index (χ0v) is 14.9. The fraction of sp³-hybridized carbons (Fsp3) is 0.350. The highest BCUT2D eigenvalue weighted by Gasteiger charge is 2.35. The number of rotatable bonds is 3. The maximum Gasteiger partial charge on any atom is 0.225 e. The van der Waals surface area contributed by atoms with Gasteiger partial charge in [-0.05, 0) is 17.7 Å². The number of thioether (sulfide) groups is 1. The molecule has 1 fully saturated rings. The maximum atomic E-state index is 12.5. The highest BCUT2D eigenvalue weighted by atomic mass is 32.2. The monoisotopic (exact) mass is 353 g/mol. The second-order valence-electron chi connectivity index (χ2n) is 6.61. The minimum absolute atomic E-state index is 0.104. The molecule has 130 valence electrons. The van der Waals surface area contributed by atoms with Crippen molar-refractivity contribution in [1.29, 1.82) is 0 Å². The van der Waals surface area contributed by atoms with Crippen LogP contribution in [0.4, 0.5) is 5.69 Å². The summed E-state index contributed by atoms with van der Waals surface area (Å²) in [4.78, 5) is 13.7. The summed E-state index contributed by atoms with van der Waals surface area (Å²) in [5, 5.41) is 10.4. The normalized spacial score (nSPS) is 24.7. The van der Waals surface area contributed by atoms with Crippen LogP contribution in [0.1, 0.15) is 17.9 Å². The molecule has 25 heavy (non-hydrogen) atoms. The van der Waals surface area contributed by atoms with Crippen LogP contribution in [0.5, 0.6) is 0 Å². The van der Waals surface area contributed by atoms with Crippen molar-refractivity contribution in [2.75, 3.05) is 25.0 Å². The van der Waals surface area contributed by atoms with Crippen LogP contribution in [-0.4, -0.2) is 36.8 Å². The Hall–Kier alpha value is -1.82. The molecule has 2 aromatic carbocycles. The summed E-state index contributed by atoms with van der Waals surface area (Å²) in [7, 11) is 0. The first-order valence-corrected chi connectivity index (χ1v) is 9.74. The number of anilines is 1. The number of piperazine rings is 1. The van der Waals surface area contributed by atoms with Gasteiger partial charge in [0.05, 0.1) is 5.69 Å². The van der Waals surface area contributed by atoms with Crippen molar-refractivity contribution in [2.24, 2.45) is 0 Å². The van der Waals surface area contributed by atoms with Crippen molar-refractivity contribution in [1.82, 2.24) is 10.6 Å². The largest absolute Gasteiger partial charge is 0.325 e. The lowest BCUT2D eigenvalue weighted by molar-refractivity contribution is -0.116. The van der Waals surface area contributed by atoms with E-state index in [4.69, 9.17) is 0 Å². The molecule has 0 bridgehead atoms. The summed E-state index contributed by atoms with van der Waals surface area (Å²) in [6.07, 6.45) is 0.525. The van der Waals surface area contributed by atoms with Crippen LogP contribution in [0.15, 0.2) is 59.5 Å². The van der Waals surface area contributed by atoms with E-state index in [1.54, 1.807) is 0 Å². The first kappa shape index (κ1) is 16.6. The van der Waals surface area contributed by atoms with E-state index in [9.17, 15) is 4.79 Å². The smallest absolute Gasteiger partial charge is 0.225 e. The van der Waals surface area contributed by atoms with Crippen LogP contribution in [0.2, 0.25) is 0 Å². The van der Waals surface area contributed by atoms with Gasteiger partial charge in [-0.1, -0.05) is 42.5 Å². The molecule has 2 heterocycles. The van der Waals surface area contributed by atoms with E-state index in [1.165, 1.54) is 5.56 Å². The lowest BCUT2D eigenvalue weighted by Gasteiger charge is -2.36. The molecule has 0 spiro atoms. The third-order valence-electron chi connectivity index (χ3n) is 4.92. The van der Waals surface area contributed by atoms with Crippen LogP contribution in [0, 0.1) is 0 Å². The third-order valence-corrected chi connectivity index (χ3v) is 6.29. The van der Waals surface area contributed by atoms with Crippen LogP contribution in [0.3, 0.4) is 0 Å². The molecule has 0 aromatic heterocycles. The highest BCUT2D eigenvalue weighted by Crippen LogP contribution is 2.42. The first-order chi connectivity index (χ1) is 12.3. The number of nitrogens with one attached hydrogen (secondary N) is 3. The average molecular weight is 353 g/mol.